The number of likely N-dealkylation sites (N-methyl/N-ethyl adjacent to an activating group) is 1. The van der Waals surface area contributed by atoms with Gasteiger partial charge in [0, 0.05) is 25.7 Å². The fraction of sp³-hybridized carbons (Fsp3) is 0.923. The van der Waals surface area contributed by atoms with Gasteiger partial charge in [0.1, 0.15) is 0 Å². The van der Waals surface area contributed by atoms with Crippen molar-refractivity contribution in [1.82, 2.24) is 10.2 Å². The van der Waals surface area contributed by atoms with Gasteiger partial charge in [-0.15, -0.1) is 0 Å². The van der Waals surface area contributed by atoms with E-state index in [1.807, 2.05) is 13.8 Å². The Morgan fingerprint density at radius 2 is 2.12 bits per heavy atom. The molecule has 4 nitrogen and oxygen atoms in total. The van der Waals surface area contributed by atoms with Gasteiger partial charge in [0.25, 0.3) is 0 Å². The molecule has 3 N–H and O–H groups in total. The first-order valence-corrected chi connectivity index (χ1v) is 6.79. The van der Waals surface area contributed by atoms with E-state index < -0.39 is 5.41 Å². The molecule has 0 aromatic heterocycles. The number of rotatable bonds is 8. The average Bonchev–Trinajstić information content (AvgIpc) is 3.17. The maximum atomic E-state index is 12.0. The van der Waals surface area contributed by atoms with Crippen LogP contribution in [0.5, 0.6) is 0 Å². The topological polar surface area (TPSA) is 58.4 Å². The number of nitrogens with two attached hydrogens (primary N) is 1. The van der Waals surface area contributed by atoms with Gasteiger partial charge in [-0.1, -0.05) is 13.8 Å². The van der Waals surface area contributed by atoms with Crippen LogP contribution < -0.4 is 11.1 Å². The Morgan fingerprint density at radius 1 is 1.47 bits per heavy atom. The van der Waals surface area contributed by atoms with E-state index in [9.17, 15) is 4.79 Å². The van der Waals surface area contributed by atoms with Gasteiger partial charge in [-0.05, 0) is 32.7 Å². The van der Waals surface area contributed by atoms with Crippen LogP contribution in [0.15, 0.2) is 0 Å². The number of amides is 1. The molecule has 0 aliphatic heterocycles. The lowest BCUT2D eigenvalue weighted by molar-refractivity contribution is -0.129. The molecule has 0 radical (unpaired) electrons. The van der Waals surface area contributed by atoms with Crippen LogP contribution in [0.3, 0.4) is 0 Å². The predicted octanol–water partition coefficient (Wildman–Crippen LogP) is 0.962. The zero-order chi connectivity index (χ0) is 12.9. The van der Waals surface area contributed by atoms with E-state index in [-0.39, 0.29) is 5.91 Å². The SMILES string of the molecule is CCN(CCNC(=O)C(C)(CC)CN)C1CC1. The minimum Gasteiger partial charge on any atom is -0.354 e. The average molecular weight is 241 g/mol. The van der Waals surface area contributed by atoms with Gasteiger partial charge in [0.15, 0.2) is 0 Å². The summed E-state index contributed by atoms with van der Waals surface area (Å²) < 4.78 is 0. The van der Waals surface area contributed by atoms with E-state index in [1.54, 1.807) is 0 Å². The molecular weight excluding hydrogens is 214 g/mol. The summed E-state index contributed by atoms with van der Waals surface area (Å²) in [5.74, 6) is 0.0920. The summed E-state index contributed by atoms with van der Waals surface area (Å²) >= 11 is 0. The molecule has 0 aromatic carbocycles. The van der Waals surface area contributed by atoms with Crippen molar-refractivity contribution >= 4 is 5.91 Å². The van der Waals surface area contributed by atoms with E-state index in [0.717, 1.165) is 32.1 Å². The number of nitrogens with one attached hydrogen (secondary N) is 1. The molecule has 17 heavy (non-hydrogen) atoms. The predicted molar refractivity (Wildman–Crippen MR) is 70.7 cm³/mol. The molecule has 100 valence electrons. The normalized spacial score (nSPS) is 19.1. The lowest BCUT2D eigenvalue weighted by Gasteiger charge is -2.26. The van der Waals surface area contributed by atoms with E-state index in [0.29, 0.717) is 6.54 Å². The van der Waals surface area contributed by atoms with Crippen LogP contribution in [0.2, 0.25) is 0 Å². The second kappa shape index (κ2) is 6.36. The minimum atomic E-state index is -0.406. The molecular formula is C13H27N3O. The van der Waals surface area contributed by atoms with Crippen molar-refractivity contribution in [3.05, 3.63) is 0 Å². The van der Waals surface area contributed by atoms with E-state index in [4.69, 9.17) is 5.73 Å². The lowest BCUT2D eigenvalue weighted by Crippen LogP contribution is -2.46. The first-order chi connectivity index (χ1) is 8.07. The van der Waals surface area contributed by atoms with E-state index in [1.165, 1.54) is 12.8 Å². The molecule has 1 amide bonds. The molecule has 1 rings (SSSR count). The summed E-state index contributed by atoms with van der Waals surface area (Å²) in [6, 6.07) is 0.768. The van der Waals surface area contributed by atoms with Crippen molar-refractivity contribution < 1.29 is 4.79 Å². The van der Waals surface area contributed by atoms with E-state index in [2.05, 4.69) is 17.1 Å². The van der Waals surface area contributed by atoms with Crippen LogP contribution in [0.1, 0.15) is 40.0 Å². The van der Waals surface area contributed by atoms with Crippen LogP contribution in [0.25, 0.3) is 0 Å². The number of hydrogen-bond acceptors (Lipinski definition) is 3. The molecule has 0 aromatic rings. The third-order valence-corrected chi connectivity index (χ3v) is 3.93. The largest absolute Gasteiger partial charge is 0.354 e. The monoisotopic (exact) mass is 241 g/mol. The van der Waals surface area contributed by atoms with Crippen LogP contribution in [0.4, 0.5) is 0 Å². The third-order valence-electron chi connectivity index (χ3n) is 3.93. The zero-order valence-corrected chi connectivity index (χ0v) is 11.5. The fourth-order valence-electron chi connectivity index (χ4n) is 1.96. The Hall–Kier alpha value is -0.610. The summed E-state index contributed by atoms with van der Waals surface area (Å²) in [5, 5.41) is 3.01. The smallest absolute Gasteiger partial charge is 0.227 e. The van der Waals surface area contributed by atoms with E-state index >= 15 is 0 Å². The summed E-state index contributed by atoms with van der Waals surface area (Å²) in [4.78, 5) is 14.4. The molecule has 0 heterocycles. The molecule has 1 atom stereocenters. The zero-order valence-electron chi connectivity index (χ0n) is 11.5. The first-order valence-electron chi connectivity index (χ1n) is 6.79. The second-order valence-corrected chi connectivity index (χ2v) is 5.23. The molecule has 1 unspecified atom stereocenters. The van der Waals surface area contributed by atoms with Gasteiger partial charge in [-0.3, -0.25) is 9.69 Å². The highest BCUT2D eigenvalue weighted by Crippen LogP contribution is 2.26. The lowest BCUT2D eigenvalue weighted by atomic mass is 9.87. The van der Waals surface area contributed by atoms with Crippen molar-refractivity contribution in [2.75, 3.05) is 26.2 Å². The van der Waals surface area contributed by atoms with Crippen molar-refractivity contribution in [3.63, 3.8) is 0 Å². The molecule has 0 bridgehead atoms. The molecule has 0 spiro atoms. The summed E-state index contributed by atoms with van der Waals surface area (Å²) in [6.45, 7) is 9.29. The Balaban J connectivity index is 2.27. The Kier molecular flexibility index (Phi) is 5.40. The highest BCUT2D eigenvalue weighted by molar-refractivity contribution is 5.82. The van der Waals surface area contributed by atoms with Gasteiger partial charge in [0.2, 0.25) is 5.91 Å². The van der Waals surface area contributed by atoms with Crippen LogP contribution in [-0.2, 0) is 4.79 Å². The molecule has 1 aliphatic carbocycles. The van der Waals surface area contributed by atoms with Gasteiger partial charge < -0.3 is 11.1 Å². The van der Waals surface area contributed by atoms with Gasteiger partial charge in [0.05, 0.1) is 5.41 Å². The molecule has 1 aliphatic rings. The van der Waals surface area contributed by atoms with Crippen molar-refractivity contribution in [2.45, 2.75) is 46.1 Å². The van der Waals surface area contributed by atoms with Crippen LogP contribution in [-0.4, -0.2) is 43.0 Å². The maximum Gasteiger partial charge on any atom is 0.227 e. The minimum absolute atomic E-state index is 0.0920. The number of carbonyl (C=O) groups is 1. The van der Waals surface area contributed by atoms with Gasteiger partial charge in [-0.2, -0.15) is 0 Å². The standard InChI is InChI=1S/C13H27N3O/c1-4-13(3,10-14)12(17)15-8-9-16(5-2)11-6-7-11/h11H,4-10,14H2,1-3H3,(H,15,17). The maximum absolute atomic E-state index is 12.0. The van der Waals surface area contributed by atoms with Crippen molar-refractivity contribution in [3.8, 4) is 0 Å². The molecule has 4 heteroatoms. The first kappa shape index (κ1) is 14.5. The molecule has 1 saturated carbocycles. The summed E-state index contributed by atoms with van der Waals surface area (Å²) in [6.07, 6.45) is 3.42. The van der Waals surface area contributed by atoms with Crippen molar-refractivity contribution in [2.24, 2.45) is 11.1 Å². The Bertz CT molecular complexity index is 247. The van der Waals surface area contributed by atoms with Crippen molar-refractivity contribution in [1.29, 1.82) is 0 Å². The number of hydrogen-bond donors (Lipinski definition) is 2. The highest BCUT2D eigenvalue weighted by Gasteiger charge is 2.30. The quantitative estimate of drug-likeness (QED) is 0.665. The van der Waals surface area contributed by atoms with Crippen LogP contribution in [0, 0.1) is 5.41 Å². The summed E-state index contributed by atoms with van der Waals surface area (Å²) in [7, 11) is 0. The second-order valence-electron chi connectivity index (χ2n) is 5.23. The number of nitrogens with zero attached hydrogens (tertiary/aromatic N) is 1. The van der Waals surface area contributed by atoms with Gasteiger partial charge in [-0.25, -0.2) is 0 Å². The van der Waals surface area contributed by atoms with Crippen LogP contribution >= 0.6 is 0 Å². The fourth-order valence-corrected chi connectivity index (χ4v) is 1.96. The Morgan fingerprint density at radius 3 is 2.53 bits per heavy atom. The summed E-state index contributed by atoms with van der Waals surface area (Å²) in [5.41, 5.74) is 5.26. The highest BCUT2D eigenvalue weighted by atomic mass is 16.2. The molecule has 0 saturated heterocycles. The molecule has 1 fully saturated rings. The number of carbonyl (C=O) groups excluding carboxylic acids is 1. The Labute approximate surface area is 105 Å². The third kappa shape index (κ3) is 3.96. The van der Waals surface area contributed by atoms with Gasteiger partial charge >= 0.3 is 0 Å².